The third kappa shape index (κ3) is 5.06. The fraction of sp³-hybridized carbons (Fsp3) is 0.389. The molecule has 140 valence electrons. The molecular formula is C18H22N2O6. The number of hydrogen-bond acceptors (Lipinski definition) is 6. The topological polar surface area (TPSA) is 118 Å². The van der Waals surface area contributed by atoms with Crippen molar-refractivity contribution in [1.29, 1.82) is 0 Å². The molecule has 0 aliphatic heterocycles. The van der Waals surface area contributed by atoms with Crippen LogP contribution in [0.1, 0.15) is 26.3 Å². The summed E-state index contributed by atoms with van der Waals surface area (Å²) in [6.07, 6.45) is -0.813. The van der Waals surface area contributed by atoms with E-state index in [-0.39, 0.29) is 0 Å². The van der Waals surface area contributed by atoms with Crippen molar-refractivity contribution in [2.75, 3.05) is 11.9 Å². The lowest BCUT2D eigenvalue weighted by atomic mass is 10.1. The maximum Gasteiger partial charge on any atom is 0.408 e. The lowest BCUT2D eigenvalue weighted by Crippen LogP contribution is -2.47. The van der Waals surface area contributed by atoms with E-state index in [2.05, 4.69) is 10.6 Å². The summed E-state index contributed by atoms with van der Waals surface area (Å²) in [7, 11) is 0. The standard InChI is InChI=1S/C18H22N2O6/c1-10-7-15(22)25-14-8-11(5-6-12(10)14)19-16(23)13(9-21)20-17(24)26-18(2,3)4/h5-8,13,21H,9H2,1-4H3,(H,19,23)(H,20,24). The molecule has 8 heteroatoms. The van der Waals surface area contributed by atoms with Crippen molar-refractivity contribution in [3.63, 3.8) is 0 Å². The molecule has 2 amide bonds. The van der Waals surface area contributed by atoms with Crippen LogP contribution in [-0.4, -0.2) is 35.4 Å². The van der Waals surface area contributed by atoms with Gasteiger partial charge >= 0.3 is 11.7 Å². The van der Waals surface area contributed by atoms with Crippen LogP contribution in [-0.2, 0) is 9.53 Å². The largest absolute Gasteiger partial charge is 0.444 e. The van der Waals surface area contributed by atoms with Gasteiger partial charge in [-0.25, -0.2) is 9.59 Å². The molecule has 0 spiro atoms. The molecule has 0 aliphatic carbocycles. The molecule has 0 saturated heterocycles. The molecule has 2 rings (SSSR count). The molecule has 8 nitrogen and oxygen atoms in total. The monoisotopic (exact) mass is 362 g/mol. The van der Waals surface area contributed by atoms with Gasteiger partial charge in [0.15, 0.2) is 0 Å². The molecule has 0 radical (unpaired) electrons. The molecule has 0 fully saturated rings. The first-order chi connectivity index (χ1) is 12.1. The minimum absolute atomic E-state index is 0.327. The van der Waals surface area contributed by atoms with Crippen LogP contribution in [0, 0.1) is 6.92 Å². The van der Waals surface area contributed by atoms with Gasteiger partial charge in [0.25, 0.3) is 0 Å². The summed E-state index contributed by atoms with van der Waals surface area (Å²) >= 11 is 0. The lowest BCUT2D eigenvalue weighted by Gasteiger charge is -2.22. The van der Waals surface area contributed by atoms with Crippen LogP contribution < -0.4 is 16.3 Å². The summed E-state index contributed by atoms with van der Waals surface area (Å²) in [5.74, 6) is -0.632. The summed E-state index contributed by atoms with van der Waals surface area (Å²) in [5.41, 5.74) is 0.232. The van der Waals surface area contributed by atoms with Crippen LogP contribution in [0.3, 0.4) is 0 Å². The third-order valence-electron chi connectivity index (χ3n) is 3.41. The Kier molecular flexibility index (Phi) is 5.66. The fourth-order valence-corrected chi connectivity index (χ4v) is 2.28. The first-order valence-electron chi connectivity index (χ1n) is 8.05. The number of nitrogens with one attached hydrogen (secondary N) is 2. The van der Waals surface area contributed by atoms with Gasteiger partial charge in [-0.15, -0.1) is 0 Å². The molecule has 3 N–H and O–H groups in total. The summed E-state index contributed by atoms with van der Waals surface area (Å²) in [6, 6.07) is 5.04. The van der Waals surface area contributed by atoms with E-state index in [9.17, 15) is 19.5 Å². The van der Waals surface area contributed by atoms with Gasteiger partial charge in [-0.2, -0.15) is 0 Å². The number of amides is 2. The highest BCUT2D eigenvalue weighted by Gasteiger charge is 2.24. The average Bonchev–Trinajstić information content (AvgIpc) is 2.50. The molecule has 1 aromatic carbocycles. The Morgan fingerprint density at radius 3 is 2.58 bits per heavy atom. The van der Waals surface area contributed by atoms with Crippen molar-refractivity contribution in [2.24, 2.45) is 0 Å². The highest BCUT2D eigenvalue weighted by molar-refractivity contribution is 5.98. The fourth-order valence-electron chi connectivity index (χ4n) is 2.28. The Labute approximate surface area is 150 Å². The second kappa shape index (κ2) is 7.57. The second-order valence-electron chi connectivity index (χ2n) is 6.83. The van der Waals surface area contributed by atoms with Gasteiger partial charge in [0.2, 0.25) is 5.91 Å². The van der Waals surface area contributed by atoms with E-state index in [1.54, 1.807) is 39.8 Å². The average molecular weight is 362 g/mol. The summed E-state index contributed by atoms with van der Waals surface area (Å²) in [4.78, 5) is 35.5. The zero-order chi connectivity index (χ0) is 19.5. The Bertz CT molecular complexity index is 881. The second-order valence-corrected chi connectivity index (χ2v) is 6.83. The number of hydrogen-bond donors (Lipinski definition) is 3. The highest BCUT2D eigenvalue weighted by atomic mass is 16.6. The number of fused-ring (bicyclic) bond motifs is 1. The predicted molar refractivity (Wildman–Crippen MR) is 96.1 cm³/mol. The number of carbonyl (C=O) groups is 2. The van der Waals surface area contributed by atoms with Crippen molar-refractivity contribution in [2.45, 2.75) is 39.3 Å². The number of aliphatic hydroxyl groups is 1. The van der Waals surface area contributed by atoms with Gasteiger partial charge in [-0.05, 0) is 45.4 Å². The molecule has 0 bridgehead atoms. The number of aliphatic hydroxyl groups excluding tert-OH is 1. The number of carbonyl (C=O) groups excluding carboxylic acids is 2. The van der Waals surface area contributed by atoms with E-state index in [4.69, 9.17) is 9.15 Å². The Balaban J connectivity index is 2.13. The summed E-state index contributed by atoms with van der Waals surface area (Å²) in [5, 5.41) is 15.0. The predicted octanol–water partition coefficient (Wildman–Crippen LogP) is 1.93. The molecular weight excluding hydrogens is 340 g/mol. The van der Waals surface area contributed by atoms with Crippen LogP contribution in [0.25, 0.3) is 11.0 Å². The summed E-state index contributed by atoms with van der Waals surface area (Å²) in [6.45, 7) is 6.24. The first kappa shape index (κ1) is 19.5. The number of benzene rings is 1. The van der Waals surface area contributed by atoms with Crippen LogP contribution in [0.2, 0.25) is 0 Å². The molecule has 2 aromatic rings. The number of anilines is 1. The van der Waals surface area contributed by atoms with E-state index in [0.29, 0.717) is 11.3 Å². The van der Waals surface area contributed by atoms with Crippen molar-refractivity contribution in [3.05, 3.63) is 40.2 Å². The normalized spacial score (nSPS) is 12.5. The summed E-state index contributed by atoms with van der Waals surface area (Å²) < 4.78 is 10.2. The minimum Gasteiger partial charge on any atom is -0.444 e. The van der Waals surface area contributed by atoms with Gasteiger partial charge in [0, 0.05) is 23.2 Å². The Morgan fingerprint density at radius 2 is 1.96 bits per heavy atom. The van der Waals surface area contributed by atoms with E-state index in [1.165, 1.54) is 12.1 Å². The molecule has 1 aromatic heterocycles. The highest BCUT2D eigenvalue weighted by Crippen LogP contribution is 2.20. The first-order valence-corrected chi connectivity index (χ1v) is 8.05. The SMILES string of the molecule is Cc1cc(=O)oc2cc(NC(=O)C(CO)NC(=O)OC(C)(C)C)ccc12. The molecule has 0 saturated carbocycles. The molecule has 1 unspecified atom stereocenters. The van der Waals surface area contributed by atoms with E-state index in [0.717, 1.165) is 10.9 Å². The van der Waals surface area contributed by atoms with Gasteiger partial charge in [0.1, 0.15) is 17.2 Å². The van der Waals surface area contributed by atoms with Gasteiger partial charge in [-0.3, -0.25) is 4.79 Å². The van der Waals surface area contributed by atoms with Crippen molar-refractivity contribution in [1.82, 2.24) is 5.32 Å². The zero-order valence-corrected chi connectivity index (χ0v) is 15.1. The minimum atomic E-state index is -1.19. The van der Waals surface area contributed by atoms with Gasteiger partial charge in [0.05, 0.1) is 6.61 Å². The molecule has 26 heavy (non-hydrogen) atoms. The van der Waals surface area contributed by atoms with Crippen LogP contribution in [0.15, 0.2) is 33.5 Å². The zero-order valence-electron chi connectivity index (χ0n) is 15.1. The maximum atomic E-state index is 12.3. The van der Waals surface area contributed by atoms with E-state index in [1.807, 2.05) is 0 Å². The van der Waals surface area contributed by atoms with E-state index >= 15 is 0 Å². The Hall–Kier alpha value is -2.87. The number of alkyl carbamates (subject to hydrolysis) is 1. The lowest BCUT2D eigenvalue weighted by molar-refractivity contribution is -0.119. The van der Waals surface area contributed by atoms with Crippen LogP contribution >= 0.6 is 0 Å². The smallest absolute Gasteiger partial charge is 0.408 e. The number of aryl methyl sites for hydroxylation is 1. The van der Waals surface area contributed by atoms with Crippen molar-refractivity contribution < 1.29 is 23.8 Å². The van der Waals surface area contributed by atoms with Crippen LogP contribution in [0.5, 0.6) is 0 Å². The van der Waals surface area contributed by atoms with Crippen LogP contribution in [0.4, 0.5) is 10.5 Å². The molecule has 0 aliphatic rings. The maximum absolute atomic E-state index is 12.3. The van der Waals surface area contributed by atoms with Crippen molar-refractivity contribution in [3.8, 4) is 0 Å². The Morgan fingerprint density at radius 1 is 1.27 bits per heavy atom. The van der Waals surface area contributed by atoms with E-state index < -0.39 is 35.9 Å². The number of ether oxygens (including phenoxy) is 1. The van der Waals surface area contributed by atoms with Crippen molar-refractivity contribution >= 4 is 28.7 Å². The van der Waals surface area contributed by atoms with Gasteiger partial charge in [-0.1, -0.05) is 0 Å². The quantitative estimate of drug-likeness (QED) is 0.715. The number of rotatable bonds is 4. The van der Waals surface area contributed by atoms with Gasteiger partial charge < -0.3 is 24.9 Å². The third-order valence-corrected chi connectivity index (χ3v) is 3.41. The molecule has 1 atom stereocenters. The molecule has 1 heterocycles.